The highest BCUT2D eigenvalue weighted by atomic mass is 32.2. The van der Waals surface area contributed by atoms with Crippen molar-refractivity contribution in [2.45, 2.75) is 13.5 Å². The number of ether oxygens (including phenoxy) is 2. The van der Waals surface area contributed by atoms with Crippen LogP contribution >= 0.6 is 0 Å². The zero-order chi connectivity index (χ0) is 19.7. The van der Waals surface area contributed by atoms with Gasteiger partial charge in [-0.25, -0.2) is 13.8 Å². The van der Waals surface area contributed by atoms with Gasteiger partial charge < -0.3 is 14.4 Å². The highest BCUT2D eigenvalue weighted by Crippen LogP contribution is 2.43. The lowest BCUT2D eigenvalue weighted by Crippen LogP contribution is -2.28. The number of methoxy groups -OCH3 is 1. The molecule has 27 heavy (non-hydrogen) atoms. The molecule has 1 atom stereocenters. The molecule has 0 aliphatic carbocycles. The Morgan fingerprint density at radius 2 is 1.78 bits per heavy atom. The molecular weight excluding hydrogens is 372 g/mol. The highest BCUT2D eigenvalue weighted by molar-refractivity contribution is 7.88. The van der Waals surface area contributed by atoms with E-state index in [1.807, 2.05) is 30.3 Å². The van der Waals surface area contributed by atoms with Crippen molar-refractivity contribution in [3.8, 4) is 0 Å². The normalized spacial score (nSPS) is 18.9. The molecule has 3 rings (SSSR count). The molecule has 142 valence electrons. The van der Waals surface area contributed by atoms with Crippen LogP contribution in [0.1, 0.15) is 12.5 Å². The van der Waals surface area contributed by atoms with E-state index < -0.39 is 28.8 Å². The number of likely N-dealkylation sites (N-methyl/N-ethyl adjacent to an activating group) is 1. The zero-order valence-corrected chi connectivity index (χ0v) is 15.9. The van der Waals surface area contributed by atoms with Crippen molar-refractivity contribution in [1.82, 2.24) is 9.21 Å². The lowest BCUT2D eigenvalue weighted by molar-refractivity contribution is -0.141. The molecule has 0 aromatic heterocycles. The van der Waals surface area contributed by atoms with Crippen LogP contribution in [0.2, 0.25) is 0 Å². The summed E-state index contributed by atoms with van der Waals surface area (Å²) in [6.45, 7) is 1.84. The van der Waals surface area contributed by atoms with Gasteiger partial charge in [-0.1, -0.05) is 30.3 Å². The van der Waals surface area contributed by atoms with Crippen molar-refractivity contribution >= 4 is 28.8 Å². The number of amides is 1. The summed E-state index contributed by atoms with van der Waals surface area (Å²) in [5, 5.41) is 0. The average Bonchev–Trinajstić information content (AvgIpc) is 3.08. The van der Waals surface area contributed by atoms with Gasteiger partial charge in [0, 0.05) is 7.05 Å². The zero-order valence-electron chi connectivity index (χ0n) is 15.1. The van der Waals surface area contributed by atoms with Crippen LogP contribution in [-0.4, -0.2) is 52.0 Å². The summed E-state index contributed by atoms with van der Waals surface area (Å²) in [6, 6.07) is 9.10. The molecule has 2 aliphatic heterocycles. The maximum atomic E-state index is 13.1. The largest absolute Gasteiger partial charge is 0.465 e. The Morgan fingerprint density at radius 1 is 1.11 bits per heavy atom. The van der Waals surface area contributed by atoms with E-state index in [4.69, 9.17) is 9.47 Å². The Balaban J connectivity index is 2.18. The fourth-order valence-electron chi connectivity index (χ4n) is 2.96. The fourth-order valence-corrected chi connectivity index (χ4v) is 4.42. The molecule has 1 aromatic carbocycles. The van der Waals surface area contributed by atoms with Crippen LogP contribution in [0.15, 0.2) is 52.2 Å². The minimum absolute atomic E-state index is 0.0806. The first-order valence-electron chi connectivity index (χ1n) is 8.18. The lowest BCUT2D eigenvalue weighted by atomic mass is 10.1. The van der Waals surface area contributed by atoms with Crippen molar-refractivity contribution in [1.29, 1.82) is 0 Å². The molecule has 9 heteroatoms. The van der Waals surface area contributed by atoms with Gasteiger partial charge in [-0.2, -0.15) is 0 Å². The lowest BCUT2D eigenvalue weighted by Gasteiger charge is -2.19. The van der Waals surface area contributed by atoms with Crippen LogP contribution in [0, 0.1) is 0 Å². The Morgan fingerprint density at radius 3 is 2.37 bits per heavy atom. The number of carbonyl (C=O) groups is 3. The quantitative estimate of drug-likeness (QED) is 0.546. The smallest absolute Gasteiger partial charge is 0.351 e. The Labute approximate surface area is 158 Å². The number of rotatable bonds is 5. The average molecular weight is 390 g/mol. The van der Waals surface area contributed by atoms with E-state index in [2.05, 4.69) is 0 Å². The molecule has 0 N–H and O–H groups in total. The Hall–Kier alpha value is -2.94. The predicted octanol–water partition coefficient (Wildman–Crippen LogP) is 0.840. The van der Waals surface area contributed by atoms with Gasteiger partial charge in [0.2, 0.25) is 0 Å². The van der Waals surface area contributed by atoms with E-state index in [9.17, 15) is 18.6 Å². The van der Waals surface area contributed by atoms with Crippen LogP contribution in [0.5, 0.6) is 0 Å². The van der Waals surface area contributed by atoms with Gasteiger partial charge in [0.1, 0.15) is 0 Å². The molecule has 8 nitrogen and oxygen atoms in total. The summed E-state index contributed by atoms with van der Waals surface area (Å²) < 4.78 is 24.2. The molecule has 0 bridgehead atoms. The Kier molecular flexibility index (Phi) is 5.13. The number of fused-ring (bicyclic) bond motifs is 1. The maximum Gasteiger partial charge on any atom is 0.351 e. The van der Waals surface area contributed by atoms with Gasteiger partial charge in [0.05, 0.1) is 31.7 Å². The van der Waals surface area contributed by atoms with E-state index in [0.717, 1.165) is 10.5 Å². The predicted molar refractivity (Wildman–Crippen MR) is 95.6 cm³/mol. The molecule has 1 unspecified atom stereocenters. The van der Waals surface area contributed by atoms with E-state index in [1.165, 1.54) is 18.5 Å². The number of nitrogens with zero attached hydrogens (tertiary/aromatic N) is 2. The fraction of sp³-hybridized carbons (Fsp3) is 0.278. The Bertz CT molecular complexity index is 906. The van der Waals surface area contributed by atoms with Gasteiger partial charge in [0.15, 0.2) is 21.5 Å². The van der Waals surface area contributed by atoms with Gasteiger partial charge in [-0.15, -0.1) is 0 Å². The van der Waals surface area contributed by atoms with Gasteiger partial charge in [-0.05, 0) is 12.5 Å². The first kappa shape index (κ1) is 18.8. The summed E-state index contributed by atoms with van der Waals surface area (Å²) >= 11 is 0. The number of carbonyl (C=O) groups excluding carboxylic acids is 3. The first-order valence-corrected chi connectivity index (χ1v) is 9.28. The van der Waals surface area contributed by atoms with Crippen LogP contribution < -0.4 is 0 Å². The summed E-state index contributed by atoms with van der Waals surface area (Å²) in [5.74, 6) is -2.25. The first-order chi connectivity index (χ1) is 12.9. The third-order valence-electron chi connectivity index (χ3n) is 4.17. The molecule has 1 amide bonds. The number of esters is 2. The van der Waals surface area contributed by atoms with E-state index in [-0.39, 0.29) is 35.0 Å². The molecule has 1 aromatic rings. The second-order valence-corrected chi connectivity index (χ2v) is 7.10. The topological polar surface area (TPSA) is 93.2 Å². The highest BCUT2D eigenvalue weighted by Gasteiger charge is 2.50. The van der Waals surface area contributed by atoms with Gasteiger partial charge in [-0.3, -0.25) is 9.10 Å². The third-order valence-corrected chi connectivity index (χ3v) is 5.59. The molecular formula is C18H18N2O6S. The van der Waals surface area contributed by atoms with Gasteiger partial charge in [0.25, 0.3) is 5.91 Å². The number of benzene rings is 1. The van der Waals surface area contributed by atoms with Crippen LogP contribution in [0.3, 0.4) is 0 Å². The van der Waals surface area contributed by atoms with Crippen LogP contribution in [0.25, 0.3) is 0 Å². The number of hydrogen-bond acceptors (Lipinski definition) is 6. The van der Waals surface area contributed by atoms with Crippen molar-refractivity contribution in [3.05, 3.63) is 57.8 Å². The van der Waals surface area contributed by atoms with Crippen molar-refractivity contribution in [2.75, 3.05) is 20.8 Å². The second kappa shape index (κ2) is 7.36. The molecule has 0 fully saturated rings. The SMILES string of the molecule is CCOC(=O)C1=C2C(=C(C(=O)OC)S(=O)N2Cc2ccccc2)N(C)C1=O. The minimum atomic E-state index is -1.94. The molecule has 0 saturated heterocycles. The van der Waals surface area contributed by atoms with Crippen LogP contribution in [0.4, 0.5) is 0 Å². The van der Waals surface area contributed by atoms with Crippen LogP contribution in [-0.2, 0) is 41.4 Å². The maximum absolute atomic E-state index is 13.1. The molecule has 0 radical (unpaired) electrons. The standard InChI is InChI=1S/C18H18N2O6S/c1-4-26-17(22)12-13-14(19(2)16(12)21)15(18(23)25-3)27(24)20(13)10-11-8-6-5-7-9-11/h5-9H,4,10H2,1-3H3. The summed E-state index contributed by atoms with van der Waals surface area (Å²) in [7, 11) is 0.643. The molecule has 2 heterocycles. The summed E-state index contributed by atoms with van der Waals surface area (Å²) in [5.41, 5.74) is 0.805. The molecule has 0 saturated carbocycles. The van der Waals surface area contributed by atoms with Crippen molar-refractivity contribution in [2.24, 2.45) is 0 Å². The second-order valence-electron chi connectivity index (χ2n) is 5.75. The van der Waals surface area contributed by atoms with Crippen molar-refractivity contribution in [3.63, 3.8) is 0 Å². The minimum Gasteiger partial charge on any atom is -0.465 e. The summed E-state index contributed by atoms with van der Waals surface area (Å²) in [4.78, 5) is 38.3. The molecule has 2 aliphatic rings. The monoisotopic (exact) mass is 390 g/mol. The van der Waals surface area contributed by atoms with E-state index in [1.54, 1.807) is 6.92 Å². The van der Waals surface area contributed by atoms with Crippen molar-refractivity contribution < 1.29 is 28.1 Å². The summed E-state index contributed by atoms with van der Waals surface area (Å²) in [6.07, 6.45) is 0. The van der Waals surface area contributed by atoms with E-state index in [0.29, 0.717) is 0 Å². The van der Waals surface area contributed by atoms with Gasteiger partial charge >= 0.3 is 11.9 Å². The van der Waals surface area contributed by atoms with E-state index >= 15 is 0 Å². The number of hydrogen-bond donors (Lipinski definition) is 0. The molecule has 0 spiro atoms. The third kappa shape index (κ3) is 3.03.